The minimum Gasteiger partial charge on any atom is -0.453 e. The second-order valence-corrected chi connectivity index (χ2v) is 13.0. The van der Waals surface area contributed by atoms with E-state index in [-0.39, 0.29) is 0 Å². The predicted molar refractivity (Wildman–Crippen MR) is 212 cm³/mol. The van der Waals surface area contributed by atoms with Crippen molar-refractivity contribution in [3.8, 4) is 33.4 Å². The van der Waals surface area contributed by atoms with Crippen LogP contribution in [0.5, 0.6) is 0 Å². The van der Waals surface area contributed by atoms with Gasteiger partial charge in [-0.1, -0.05) is 146 Å². The van der Waals surface area contributed by atoms with E-state index in [9.17, 15) is 0 Å². The molecule has 0 aliphatic heterocycles. The third-order valence-electron chi connectivity index (χ3n) is 10.0. The topological polar surface area (TPSA) is 25.2 Å². The average Bonchev–Trinajstić information content (AvgIpc) is 3.59. The van der Waals surface area contributed by atoms with Crippen LogP contribution in [0.3, 0.4) is 0 Å². The first kappa shape index (κ1) is 28.4. The third-order valence-corrected chi connectivity index (χ3v) is 10.0. The molecule has 9 aromatic carbocycles. The van der Waals surface area contributed by atoms with Crippen LogP contribution in [0.4, 0.5) is 11.4 Å². The summed E-state index contributed by atoms with van der Waals surface area (Å²) >= 11 is 0. The van der Waals surface area contributed by atoms with Crippen LogP contribution >= 0.6 is 0 Å². The standard InChI is InChI=1S/C48H31NO/c1-2-10-34(11-3-1)44-30-36-13-5-7-16-42(36)46-43-18-9-19-45(47(43)50-48(44)46)49-39-26-24-31(25-27-39)35-22-20-32-21-23-37(29-38(32)28-35)41-17-8-14-33-12-4-6-15-40(33)41/h1-30,49H. The zero-order valence-corrected chi connectivity index (χ0v) is 27.2. The molecule has 50 heavy (non-hydrogen) atoms. The highest BCUT2D eigenvalue weighted by Crippen LogP contribution is 2.43. The maximum absolute atomic E-state index is 6.79. The fourth-order valence-electron chi connectivity index (χ4n) is 7.55. The van der Waals surface area contributed by atoms with E-state index in [0.717, 1.165) is 44.4 Å². The van der Waals surface area contributed by atoms with Gasteiger partial charge in [-0.05, 0) is 96.5 Å². The lowest BCUT2D eigenvalue weighted by atomic mass is 9.95. The number of anilines is 2. The minimum absolute atomic E-state index is 0.858. The van der Waals surface area contributed by atoms with Gasteiger partial charge in [0.15, 0.2) is 5.58 Å². The first-order valence-electron chi connectivity index (χ1n) is 17.1. The minimum atomic E-state index is 0.858. The van der Waals surface area contributed by atoms with Crippen LogP contribution in [0.1, 0.15) is 0 Å². The number of rotatable bonds is 5. The molecule has 0 radical (unpaired) electrons. The van der Waals surface area contributed by atoms with E-state index in [0.29, 0.717) is 0 Å². The van der Waals surface area contributed by atoms with E-state index in [1.807, 2.05) is 0 Å². The number of hydrogen-bond donors (Lipinski definition) is 1. The molecule has 0 unspecified atom stereocenters. The first-order valence-corrected chi connectivity index (χ1v) is 17.1. The Morgan fingerprint density at radius 2 is 1.00 bits per heavy atom. The van der Waals surface area contributed by atoms with Gasteiger partial charge in [0.2, 0.25) is 0 Å². The first-order chi connectivity index (χ1) is 24.8. The molecule has 1 aromatic heterocycles. The van der Waals surface area contributed by atoms with Crippen LogP contribution in [0.15, 0.2) is 186 Å². The van der Waals surface area contributed by atoms with Crippen LogP contribution in [-0.4, -0.2) is 0 Å². The lowest BCUT2D eigenvalue weighted by molar-refractivity contribution is 0.671. The Kier molecular flexibility index (Phi) is 6.53. The van der Waals surface area contributed by atoms with Crippen molar-refractivity contribution < 1.29 is 4.42 Å². The van der Waals surface area contributed by atoms with Gasteiger partial charge in [0.05, 0.1) is 5.69 Å². The molecule has 0 bridgehead atoms. The summed E-state index contributed by atoms with van der Waals surface area (Å²) < 4.78 is 6.79. The van der Waals surface area contributed by atoms with Gasteiger partial charge >= 0.3 is 0 Å². The van der Waals surface area contributed by atoms with Crippen molar-refractivity contribution in [2.75, 3.05) is 5.32 Å². The van der Waals surface area contributed by atoms with Gasteiger partial charge in [-0.25, -0.2) is 0 Å². The number of benzene rings is 9. The van der Waals surface area contributed by atoms with Crippen LogP contribution in [0.25, 0.3) is 87.6 Å². The van der Waals surface area contributed by atoms with Gasteiger partial charge in [-0.15, -0.1) is 0 Å². The lowest BCUT2D eigenvalue weighted by Gasteiger charge is -2.11. The Bertz CT molecular complexity index is 2880. The highest BCUT2D eigenvalue weighted by atomic mass is 16.3. The van der Waals surface area contributed by atoms with Crippen LogP contribution in [0, 0.1) is 0 Å². The van der Waals surface area contributed by atoms with Gasteiger partial charge in [-0.3, -0.25) is 0 Å². The lowest BCUT2D eigenvalue weighted by Crippen LogP contribution is -1.90. The monoisotopic (exact) mass is 637 g/mol. The SMILES string of the molecule is c1ccc(-c2cc3ccccc3c3c2oc2c(Nc4ccc(-c5ccc6ccc(-c7cccc8ccccc78)cc6c5)cc4)cccc23)cc1. The summed E-state index contributed by atoms with van der Waals surface area (Å²) in [5, 5.41) is 13.3. The molecule has 0 saturated heterocycles. The smallest absolute Gasteiger partial charge is 0.158 e. The summed E-state index contributed by atoms with van der Waals surface area (Å²) in [5.41, 5.74) is 10.8. The molecule has 2 nitrogen and oxygen atoms in total. The molecule has 0 spiro atoms. The van der Waals surface area contributed by atoms with E-state index in [2.05, 4.69) is 187 Å². The Morgan fingerprint density at radius 3 is 1.86 bits per heavy atom. The fourth-order valence-corrected chi connectivity index (χ4v) is 7.55. The molecule has 0 fully saturated rings. The molecule has 0 aliphatic rings. The van der Waals surface area contributed by atoms with Gasteiger partial charge in [0, 0.05) is 22.0 Å². The number of hydrogen-bond acceptors (Lipinski definition) is 2. The Labute approximate surface area is 289 Å². The van der Waals surface area contributed by atoms with Crippen molar-refractivity contribution in [2.24, 2.45) is 0 Å². The summed E-state index contributed by atoms with van der Waals surface area (Å²) in [6.45, 7) is 0. The largest absolute Gasteiger partial charge is 0.453 e. The summed E-state index contributed by atoms with van der Waals surface area (Å²) in [6.07, 6.45) is 0. The van der Waals surface area contributed by atoms with Crippen molar-refractivity contribution in [3.05, 3.63) is 182 Å². The van der Waals surface area contributed by atoms with E-state index in [4.69, 9.17) is 4.42 Å². The van der Waals surface area contributed by atoms with Crippen LogP contribution in [-0.2, 0) is 0 Å². The Morgan fingerprint density at radius 1 is 0.340 bits per heavy atom. The third kappa shape index (κ3) is 4.73. The zero-order chi connectivity index (χ0) is 33.0. The summed E-state index contributed by atoms with van der Waals surface area (Å²) in [7, 11) is 0. The van der Waals surface area contributed by atoms with E-state index in [1.165, 1.54) is 54.6 Å². The van der Waals surface area contributed by atoms with Crippen molar-refractivity contribution in [2.45, 2.75) is 0 Å². The predicted octanol–water partition coefficient (Wildman–Crippen LogP) is 13.8. The number of fused-ring (bicyclic) bond motifs is 7. The van der Waals surface area contributed by atoms with E-state index >= 15 is 0 Å². The van der Waals surface area contributed by atoms with Crippen molar-refractivity contribution in [1.82, 2.24) is 0 Å². The number of para-hydroxylation sites is 1. The van der Waals surface area contributed by atoms with Gasteiger partial charge in [-0.2, -0.15) is 0 Å². The molecule has 1 heterocycles. The van der Waals surface area contributed by atoms with Crippen molar-refractivity contribution in [3.63, 3.8) is 0 Å². The van der Waals surface area contributed by atoms with Crippen molar-refractivity contribution >= 4 is 65.6 Å². The maximum atomic E-state index is 6.79. The van der Waals surface area contributed by atoms with E-state index in [1.54, 1.807) is 0 Å². The Hall–Kier alpha value is -6.64. The quantitative estimate of drug-likeness (QED) is 0.203. The molecular formula is C48H31NO. The molecule has 0 saturated carbocycles. The summed E-state index contributed by atoms with van der Waals surface area (Å²) in [4.78, 5) is 0. The zero-order valence-electron chi connectivity index (χ0n) is 27.2. The van der Waals surface area contributed by atoms with E-state index < -0.39 is 0 Å². The summed E-state index contributed by atoms with van der Waals surface area (Å²) in [5.74, 6) is 0. The maximum Gasteiger partial charge on any atom is 0.158 e. The number of furan rings is 1. The number of nitrogens with one attached hydrogen (secondary N) is 1. The molecule has 1 N–H and O–H groups in total. The van der Waals surface area contributed by atoms with Gasteiger partial charge in [0.1, 0.15) is 5.58 Å². The fraction of sp³-hybridized carbons (Fsp3) is 0. The van der Waals surface area contributed by atoms with Crippen LogP contribution < -0.4 is 5.32 Å². The highest BCUT2D eigenvalue weighted by Gasteiger charge is 2.18. The van der Waals surface area contributed by atoms with Gasteiger partial charge in [0.25, 0.3) is 0 Å². The average molecular weight is 638 g/mol. The Balaban J connectivity index is 1.01. The molecule has 0 atom stereocenters. The van der Waals surface area contributed by atoms with Crippen molar-refractivity contribution in [1.29, 1.82) is 0 Å². The highest BCUT2D eigenvalue weighted by molar-refractivity contribution is 6.24. The normalized spacial score (nSPS) is 11.6. The molecule has 2 heteroatoms. The van der Waals surface area contributed by atoms with Gasteiger partial charge < -0.3 is 9.73 Å². The molecule has 10 rings (SSSR count). The van der Waals surface area contributed by atoms with Crippen LogP contribution in [0.2, 0.25) is 0 Å². The molecule has 10 aromatic rings. The molecule has 0 amide bonds. The second kappa shape index (κ2) is 11.5. The molecule has 234 valence electrons. The molecular weight excluding hydrogens is 607 g/mol. The molecule has 0 aliphatic carbocycles. The summed E-state index contributed by atoms with van der Waals surface area (Å²) in [6, 6.07) is 65.1. The second-order valence-electron chi connectivity index (χ2n) is 13.0.